The summed E-state index contributed by atoms with van der Waals surface area (Å²) >= 11 is 0. The van der Waals surface area contributed by atoms with Gasteiger partial charge in [0, 0.05) is 24.7 Å². The van der Waals surface area contributed by atoms with Crippen LogP contribution in [0.25, 0.3) is 0 Å². The molecule has 0 bridgehead atoms. The molecule has 16 heavy (non-hydrogen) atoms. The molecule has 0 aromatic heterocycles. The van der Waals surface area contributed by atoms with Gasteiger partial charge in [-0.25, -0.2) is 0 Å². The molecule has 1 N–H and O–H groups in total. The van der Waals surface area contributed by atoms with Gasteiger partial charge in [0.05, 0.1) is 0 Å². The average molecular weight is 224 g/mol. The molecule has 0 radical (unpaired) electrons. The van der Waals surface area contributed by atoms with Crippen molar-refractivity contribution in [2.24, 2.45) is 11.3 Å². The van der Waals surface area contributed by atoms with E-state index in [2.05, 4.69) is 45.0 Å². The maximum absolute atomic E-state index is 3.57. The third kappa shape index (κ3) is 2.02. The summed E-state index contributed by atoms with van der Waals surface area (Å²) in [6.45, 7) is 10.9. The van der Waals surface area contributed by atoms with Gasteiger partial charge in [-0.1, -0.05) is 20.8 Å². The summed E-state index contributed by atoms with van der Waals surface area (Å²) in [6, 6.07) is 2.21. The summed E-state index contributed by atoms with van der Waals surface area (Å²) < 4.78 is 0. The Hall–Kier alpha value is -0.0800. The molecule has 0 spiro atoms. The smallest absolute Gasteiger partial charge is 0.0271 e. The van der Waals surface area contributed by atoms with E-state index in [9.17, 15) is 0 Å². The minimum Gasteiger partial charge on any atom is -0.315 e. The Kier molecular flexibility index (Phi) is 3.33. The SMILES string of the molecule is CNC1C(N2CC(C)CC2C)CCC1(C)C. The molecule has 2 nitrogen and oxygen atoms in total. The lowest BCUT2D eigenvalue weighted by molar-refractivity contribution is 0.141. The Morgan fingerprint density at radius 2 is 1.94 bits per heavy atom. The van der Waals surface area contributed by atoms with E-state index in [1.165, 1.54) is 25.8 Å². The van der Waals surface area contributed by atoms with Crippen LogP contribution in [-0.4, -0.2) is 36.6 Å². The topological polar surface area (TPSA) is 15.3 Å². The van der Waals surface area contributed by atoms with E-state index in [-0.39, 0.29) is 0 Å². The van der Waals surface area contributed by atoms with Gasteiger partial charge in [-0.2, -0.15) is 0 Å². The van der Waals surface area contributed by atoms with Crippen LogP contribution in [0.3, 0.4) is 0 Å². The van der Waals surface area contributed by atoms with Crippen molar-refractivity contribution in [1.29, 1.82) is 0 Å². The number of likely N-dealkylation sites (N-methyl/N-ethyl adjacent to an activating group) is 1. The molecule has 0 aromatic carbocycles. The minimum absolute atomic E-state index is 0.463. The maximum Gasteiger partial charge on any atom is 0.0271 e. The second kappa shape index (κ2) is 4.30. The lowest BCUT2D eigenvalue weighted by atomic mass is 9.86. The molecule has 2 heteroatoms. The summed E-state index contributed by atoms with van der Waals surface area (Å²) in [5.41, 5.74) is 0.463. The van der Waals surface area contributed by atoms with Crippen molar-refractivity contribution in [3.63, 3.8) is 0 Å². The number of nitrogens with zero attached hydrogens (tertiary/aromatic N) is 1. The largest absolute Gasteiger partial charge is 0.315 e. The van der Waals surface area contributed by atoms with Crippen LogP contribution in [0.2, 0.25) is 0 Å². The summed E-state index contributed by atoms with van der Waals surface area (Å²) in [5.74, 6) is 0.885. The van der Waals surface area contributed by atoms with Crippen molar-refractivity contribution in [3.8, 4) is 0 Å². The Morgan fingerprint density at radius 3 is 2.44 bits per heavy atom. The zero-order valence-electron chi connectivity index (χ0n) is 11.6. The van der Waals surface area contributed by atoms with Gasteiger partial charge < -0.3 is 5.32 Å². The van der Waals surface area contributed by atoms with Gasteiger partial charge in [0.25, 0.3) is 0 Å². The lowest BCUT2D eigenvalue weighted by Gasteiger charge is -2.37. The third-order valence-electron chi connectivity index (χ3n) is 4.88. The highest BCUT2D eigenvalue weighted by Gasteiger charge is 2.46. The van der Waals surface area contributed by atoms with Crippen LogP contribution < -0.4 is 5.32 Å². The Balaban J connectivity index is 2.10. The highest BCUT2D eigenvalue weighted by molar-refractivity contribution is 5.02. The van der Waals surface area contributed by atoms with Gasteiger partial charge in [-0.15, -0.1) is 0 Å². The first-order valence-corrected chi connectivity index (χ1v) is 6.88. The van der Waals surface area contributed by atoms with E-state index >= 15 is 0 Å². The van der Waals surface area contributed by atoms with Crippen LogP contribution in [-0.2, 0) is 0 Å². The number of nitrogens with one attached hydrogen (secondary N) is 1. The Labute approximate surface area is 101 Å². The molecule has 0 aromatic rings. The predicted molar refractivity (Wildman–Crippen MR) is 69.6 cm³/mol. The second-order valence-corrected chi connectivity index (χ2v) is 6.75. The molecule has 4 atom stereocenters. The Morgan fingerprint density at radius 1 is 1.25 bits per heavy atom. The van der Waals surface area contributed by atoms with E-state index in [1.54, 1.807) is 0 Å². The average Bonchev–Trinajstić information content (AvgIpc) is 2.65. The summed E-state index contributed by atoms with van der Waals surface area (Å²) in [4.78, 5) is 2.76. The molecule has 94 valence electrons. The zero-order valence-corrected chi connectivity index (χ0v) is 11.6. The van der Waals surface area contributed by atoms with Crippen LogP contribution in [0.5, 0.6) is 0 Å². The lowest BCUT2D eigenvalue weighted by Crippen LogP contribution is -2.51. The molecule has 2 aliphatic rings. The zero-order chi connectivity index (χ0) is 11.9. The van der Waals surface area contributed by atoms with E-state index in [0.717, 1.165) is 18.0 Å². The molecule has 1 saturated heterocycles. The molecule has 0 amide bonds. The minimum atomic E-state index is 0.463. The molecule has 1 saturated carbocycles. The first-order valence-electron chi connectivity index (χ1n) is 6.88. The van der Waals surface area contributed by atoms with Crippen molar-refractivity contribution in [1.82, 2.24) is 10.2 Å². The van der Waals surface area contributed by atoms with Crippen LogP contribution in [0.15, 0.2) is 0 Å². The van der Waals surface area contributed by atoms with E-state index in [0.29, 0.717) is 11.5 Å². The second-order valence-electron chi connectivity index (χ2n) is 6.75. The van der Waals surface area contributed by atoms with Gasteiger partial charge in [-0.05, 0) is 44.6 Å². The van der Waals surface area contributed by atoms with Gasteiger partial charge in [0.2, 0.25) is 0 Å². The summed E-state index contributed by atoms with van der Waals surface area (Å²) in [7, 11) is 2.13. The highest BCUT2D eigenvalue weighted by atomic mass is 15.2. The highest BCUT2D eigenvalue weighted by Crippen LogP contribution is 2.42. The fraction of sp³-hybridized carbons (Fsp3) is 1.00. The fourth-order valence-corrected chi connectivity index (χ4v) is 4.10. The summed E-state index contributed by atoms with van der Waals surface area (Å²) in [5, 5.41) is 3.57. The number of hydrogen-bond donors (Lipinski definition) is 1. The standard InChI is InChI=1S/C14H28N2/c1-10-8-11(2)16(9-10)12-6-7-14(3,4)13(12)15-5/h10-13,15H,6-9H2,1-5H3. The summed E-state index contributed by atoms with van der Waals surface area (Å²) in [6.07, 6.45) is 4.11. The van der Waals surface area contributed by atoms with E-state index in [4.69, 9.17) is 0 Å². The van der Waals surface area contributed by atoms with Crippen molar-refractivity contribution >= 4 is 0 Å². The van der Waals surface area contributed by atoms with Gasteiger partial charge in [0.1, 0.15) is 0 Å². The van der Waals surface area contributed by atoms with Crippen molar-refractivity contribution in [2.75, 3.05) is 13.6 Å². The van der Waals surface area contributed by atoms with Gasteiger partial charge >= 0.3 is 0 Å². The van der Waals surface area contributed by atoms with Crippen LogP contribution in [0.4, 0.5) is 0 Å². The van der Waals surface area contributed by atoms with Crippen LogP contribution in [0.1, 0.15) is 47.0 Å². The normalized spacial score (nSPS) is 44.1. The predicted octanol–water partition coefficient (Wildman–Crippen LogP) is 2.49. The molecule has 2 rings (SSSR count). The maximum atomic E-state index is 3.57. The van der Waals surface area contributed by atoms with Crippen LogP contribution >= 0.6 is 0 Å². The quantitative estimate of drug-likeness (QED) is 0.775. The molecule has 4 unspecified atom stereocenters. The van der Waals surface area contributed by atoms with Crippen molar-refractivity contribution in [3.05, 3.63) is 0 Å². The Bertz CT molecular complexity index is 249. The number of rotatable bonds is 2. The fourth-order valence-electron chi connectivity index (χ4n) is 4.10. The first-order chi connectivity index (χ1) is 7.45. The number of hydrogen-bond acceptors (Lipinski definition) is 2. The van der Waals surface area contributed by atoms with E-state index < -0.39 is 0 Å². The molecule has 2 fully saturated rings. The number of likely N-dealkylation sites (tertiary alicyclic amines) is 1. The third-order valence-corrected chi connectivity index (χ3v) is 4.88. The molecular weight excluding hydrogens is 196 g/mol. The van der Waals surface area contributed by atoms with Crippen molar-refractivity contribution < 1.29 is 0 Å². The van der Waals surface area contributed by atoms with Gasteiger partial charge in [0.15, 0.2) is 0 Å². The monoisotopic (exact) mass is 224 g/mol. The van der Waals surface area contributed by atoms with Crippen LogP contribution in [0, 0.1) is 11.3 Å². The molecule has 1 heterocycles. The molecular formula is C14H28N2. The van der Waals surface area contributed by atoms with E-state index in [1.807, 2.05) is 0 Å². The van der Waals surface area contributed by atoms with Crippen molar-refractivity contribution in [2.45, 2.75) is 65.1 Å². The molecule has 1 aliphatic carbocycles. The first kappa shape index (κ1) is 12.4. The molecule has 1 aliphatic heterocycles. The van der Waals surface area contributed by atoms with Gasteiger partial charge in [-0.3, -0.25) is 4.90 Å².